The monoisotopic (exact) mass is 348 g/mol. The van der Waals surface area contributed by atoms with Crippen LogP contribution in [0.4, 0.5) is 5.69 Å². The van der Waals surface area contributed by atoms with Gasteiger partial charge in [-0.3, -0.25) is 4.79 Å². The minimum atomic E-state index is -0.454. The molecule has 3 heterocycles. The Hall–Kier alpha value is -2.07. The molecule has 0 bridgehead atoms. The number of carbonyl (C=O) groups excluding carboxylic acids is 1. The van der Waals surface area contributed by atoms with Crippen LogP contribution in [0.5, 0.6) is 0 Å². The standard InChI is InChI=1S/C21H20N2OS/c1-14-9-10-16-13-21(18-8-5-11-23(18)17(16)12-14)20(24)22-19(25-21)15-6-3-2-4-7-15/h2-4,6-7,9-10,12,18H,5,8,11,13H2,1H3. The van der Waals surface area contributed by atoms with Gasteiger partial charge in [0.15, 0.2) is 0 Å². The molecule has 2 atom stereocenters. The van der Waals surface area contributed by atoms with Gasteiger partial charge in [0.1, 0.15) is 9.79 Å². The maximum absolute atomic E-state index is 13.1. The maximum atomic E-state index is 13.1. The Morgan fingerprint density at radius 1 is 1.20 bits per heavy atom. The predicted molar refractivity (Wildman–Crippen MR) is 104 cm³/mol. The summed E-state index contributed by atoms with van der Waals surface area (Å²) in [7, 11) is 0. The van der Waals surface area contributed by atoms with Gasteiger partial charge in [-0.1, -0.05) is 54.2 Å². The third-order valence-corrected chi connectivity index (χ3v) is 7.13. The van der Waals surface area contributed by atoms with Gasteiger partial charge < -0.3 is 4.90 Å². The molecule has 1 saturated heterocycles. The van der Waals surface area contributed by atoms with Gasteiger partial charge in [0, 0.05) is 24.2 Å². The van der Waals surface area contributed by atoms with Gasteiger partial charge in [0.05, 0.1) is 6.04 Å². The van der Waals surface area contributed by atoms with E-state index in [-0.39, 0.29) is 11.9 Å². The number of fused-ring (bicyclic) bond motifs is 4. The van der Waals surface area contributed by atoms with Crippen molar-refractivity contribution in [3.8, 4) is 0 Å². The van der Waals surface area contributed by atoms with Crippen molar-refractivity contribution in [1.82, 2.24) is 0 Å². The number of hydrogen-bond acceptors (Lipinski definition) is 3. The van der Waals surface area contributed by atoms with Gasteiger partial charge in [-0.25, -0.2) is 4.99 Å². The van der Waals surface area contributed by atoms with Crippen LogP contribution in [0.15, 0.2) is 53.5 Å². The van der Waals surface area contributed by atoms with Gasteiger partial charge >= 0.3 is 0 Å². The Labute approximate surface area is 152 Å². The first-order valence-corrected chi connectivity index (χ1v) is 9.73. The normalized spacial score (nSPS) is 27.4. The second kappa shape index (κ2) is 5.46. The van der Waals surface area contributed by atoms with E-state index in [1.807, 2.05) is 30.3 Å². The van der Waals surface area contributed by atoms with Gasteiger partial charge in [-0.2, -0.15) is 0 Å². The molecule has 2 unspecified atom stereocenters. The van der Waals surface area contributed by atoms with E-state index in [1.54, 1.807) is 11.8 Å². The van der Waals surface area contributed by atoms with Gasteiger partial charge in [0.2, 0.25) is 0 Å². The molecule has 3 aliphatic heterocycles. The van der Waals surface area contributed by atoms with Gasteiger partial charge in [-0.15, -0.1) is 0 Å². The van der Waals surface area contributed by atoms with E-state index in [1.165, 1.54) is 16.8 Å². The lowest BCUT2D eigenvalue weighted by atomic mass is 9.84. The molecule has 1 amide bonds. The topological polar surface area (TPSA) is 32.7 Å². The first-order chi connectivity index (χ1) is 12.2. The first kappa shape index (κ1) is 15.2. The zero-order valence-electron chi connectivity index (χ0n) is 14.2. The quantitative estimate of drug-likeness (QED) is 0.781. The van der Waals surface area contributed by atoms with E-state index in [9.17, 15) is 4.79 Å². The minimum Gasteiger partial charge on any atom is -0.366 e. The minimum absolute atomic E-state index is 0.0551. The Balaban J connectivity index is 1.58. The van der Waals surface area contributed by atoms with Crippen LogP contribution >= 0.6 is 11.8 Å². The fourth-order valence-corrected chi connectivity index (χ4v) is 5.95. The third-order valence-electron chi connectivity index (χ3n) is 5.66. The lowest BCUT2D eigenvalue weighted by Crippen LogP contribution is -2.55. The van der Waals surface area contributed by atoms with Crippen molar-refractivity contribution in [3.63, 3.8) is 0 Å². The Kier molecular flexibility index (Phi) is 3.32. The summed E-state index contributed by atoms with van der Waals surface area (Å²) in [6.45, 7) is 3.18. The van der Waals surface area contributed by atoms with Crippen LogP contribution in [-0.4, -0.2) is 28.3 Å². The molecule has 2 aromatic rings. The highest BCUT2D eigenvalue weighted by atomic mass is 32.2. The molecule has 4 heteroatoms. The van der Waals surface area contributed by atoms with Crippen LogP contribution in [0.25, 0.3) is 0 Å². The number of nitrogens with zero attached hydrogens (tertiary/aromatic N) is 2. The number of aryl methyl sites for hydroxylation is 1. The molecule has 3 aliphatic rings. The summed E-state index contributed by atoms with van der Waals surface area (Å²) in [6.07, 6.45) is 3.01. The molecular weight excluding hydrogens is 328 g/mol. The predicted octanol–water partition coefficient (Wildman–Crippen LogP) is 3.98. The number of aliphatic imine (C=N–C) groups is 1. The third kappa shape index (κ3) is 2.20. The average molecular weight is 348 g/mol. The molecule has 3 nitrogen and oxygen atoms in total. The van der Waals surface area contributed by atoms with Gasteiger partial charge in [-0.05, 0) is 37.0 Å². The zero-order chi connectivity index (χ0) is 17.0. The lowest BCUT2D eigenvalue weighted by molar-refractivity contribution is -0.120. The molecule has 5 rings (SSSR count). The summed E-state index contributed by atoms with van der Waals surface area (Å²) in [5.41, 5.74) is 4.95. The molecule has 0 aromatic heterocycles. The van der Waals surface area contributed by atoms with Crippen LogP contribution < -0.4 is 4.90 Å². The largest absolute Gasteiger partial charge is 0.366 e. The summed E-state index contributed by atoms with van der Waals surface area (Å²) in [6, 6.07) is 17.0. The van der Waals surface area contributed by atoms with Crippen LogP contribution in [0.3, 0.4) is 0 Å². The molecular formula is C21H20N2OS. The highest BCUT2D eigenvalue weighted by molar-refractivity contribution is 8.16. The van der Waals surface area contributed by atoms with Crippen molar-refractivity contribution < 1.29 is 4.79 Å². The molecule has 0 N–H and O–H groups in total. The SMILES string of the molecule is Cc1ccc2c(c1)N1CCCC1C1(C2)SC(c2ccccc2)=NC1=O. The molecule has 25 heavy (non-hydrogen) atoms. The summed E-state index contributed by atoms with van der Waals surface area (Å²) < 4.78 is -0.454. The number of anilines is 1. The zero-order valence-corrected chi connectivity index (χ0v) is 15.1. The fourth-order valence-electron chi connectivity index (χ4n) is 4.48. The van der Waals surface area contributed by atoms with Crippen molar-refractivity contribution in [1.29, 1.82) is 0 Å². The number of hydrogen-bond donors (Lipinski definition) is 0. The van der Waals surface area contributed by atoms with E-state index >= 15 is 0 Å². The van der Waals surface area contributed by atoms with Gasteiger partial charge in [0.25, 0.3) is 5.91 Å². The number of rotatable bonds is 1. The molecule has 1 fully saturated rings. The molecule has 126 valence electrons. The number of benzene rings is 2. The highest BCUT2D eigenvalue weighted by Gasteiger charge is 2.57. The second-order valence-corrected chi connectivity index (χ2v) is 8.56. The van der Waals surface area contributed by atoms with Crippen molar-refractivity contribution in [2.75, 3.05) is 11.4 Å². The van der Waals surface area contributed by atoms with Crippen molar-refractivity contribution >= 4 is 28.4 Å². The van der Waals surface area contributed by atoms with Crippen molar-refractivity contribution in [2.24, 2.45) is 4.99 Å². The number of carbonyl (C=O) groups is 1. The van der Waals surface area contributed by atoms with Crippen LogP contribution in [0.1, 0.15) is 29.5 Å². The fraction of sp³-hybridized carbons (Fsp3) is 0.333. The summed E-state index contributed by atoms with van der Waals surface area (Å²) >= 11 is 1.70. The van der Waals surface area contributed by atoms with E-state index in [4.69, 9.17) is 0 Å². The van der Waals surface area contributed by atoms with E-state index < -0.39 is 4.75 Å². The number of thioether (sulfide) groups is 1. The van der Waals surface area contributed by atoms with Crippen molar-refractivity contribution in [3.05, 3.63) is 65.2 Å². The molecule has 1 spiro atoms. The second-order valence-electron chi connectivity index (χ2n) is 7.24. The van der Waals surface area contributed by atoms with Crippen LogP contribution in [0.2, 0.25) is 0 Å². The molecule has 0 radical (unpaired) electrons. The Morgan fingerprint density at radius 2 is 2.04 bits per heavy atom. The molecule has 2 aromatic carbocycles. The number of amides is 1. The van der Waals surface area contributed by atoms with E-state index in [0.717, 1.165) is 36.4 Å². The van der Waals surface area contributed by atoms with E-state index in [2.05, 4.69) is 35.0 Å². The van der Waals surface area contributed by atoms with Crippen LogP contribution in [0, 0.1) is 6.92 Å². The summed E-state index contributed by atoms with van der Waals surface area (Å²) in [5, 5.41) is 0.882. The van der Waals surface area contributed by atoms with Crippen LogP contribution in [-0.2, 0) is 11.2 Å². The smallest absolute Gasteiger partial charge is 0.265 e. The molecule has 0 aliphatic carbocycles. The maximum Gasteiger partial charge on any atom is 0.265 e. The van der Waals surface area contributed by atoms with E-state index in [0.29, 0.717) is 0 Å². The van der Waals surface area contributed by atoms with Crippen molar-refractivity contribution in [2.45, 2.75) is 37.0 Å². The highest BCUT2D eigenvalue weighted by Crippen LogP contribution is 2.51. The summed E-state index contributed by atoms with van der Waals surface area (Å²) in [5.74, 6) is 0.0551. The Morgan fingerprint density at radius 3 is 2.88 bits per heavy atom. The summed E-state index contributed by atoms with van der Waals surface area (Å²) in [4.78, 5) is 20.1. The lowest BCUT2D eigenvalue weighted by Gasteiger charge is -2.44. The molecule has 0 saturated carbocycles. The first-order valence-electron chi connectivity index (χ1n) is 8.91. The Bertz CT molecular complexity index is 892. The average Bonchev–Trinajstić information content (AvgIpc) is 3.24.